The molecule has 0 heterocycles. The number of ketones is 1. The van der Waals surface area contributed by atoms with Crippen molar-refractivity contribution in [1.29, 1.82) is 0 Å². The Kier molecular flexibility index (Phi) is 6.89. The van der Waals surface area contributed by atoms with Crippen molar-refractivity contribution in [1.82, 2.24) is 0 Å². The van der Waals surface area contributed by atoms with Crippen LogP contribution in [-0.4, -0.2) is 39.3 Å². The van der Waals surface area contributed by atoms with E-state index in [1.807, 2.05) is 0 Å². The summed E-state index contributed by atoms with van der Waals surface area (Å²) in [7, 11) is 4.55. The number of amides is 1. The largest absolute Gasteiger partial charge is 0.497 e. The Morgan fingerprint density at radius 1 is 0.923 bits per heavy atom. The average Bonchev–Trinajstić information content (AvgIpc) is 2.65. The van der Waals surface area contributed by atoms with Gasteiger partial charge >= 0.3 is 0 Å². The maximum atomic E-state index is 13.3. The lowest BCUT2D eigenvalue weighted by atomic mass is 9.89. The summed E-state index contributed by atoms with van der Waals surface area (Å²) in [4.78, 5) is 24.8. The lowest BCUT2D eigenvalue weighted by Crippen LogP contribution is -2.30. The van der Waals surface area contributed by atoms with Gasteiger partial charge < -0.3 is 19.5 Å². The Bertz CT molecular complexity index is 753. The van der Waals surface area contributed by atoms with Crippen molar-refractivity contribution in [3.8, 4) is 5.75 Å². The molecule has 1 N–H and O–H groups in total. The molecule has 0 aromatic heterocycles. The molecule has 0 aliphatic heterocycles. The summed E-state index contributed by atoms with van der Waals surface area (Å²) >= 11 is 0. The molecule has 1 unspecified atom stereocenters. The van der Waals surface area contributed by atoms with E-state index in [4.69, 9.17) is 14.2 Å². The zero-order chi connectivity index (χ0) is 19.1. The summed E-state index contributed by atoms with van der Waals surface area (Å²) in [5.74, 6) is -0.481. The quantitative estimate of drug-likeness (QED) is 0.580. The van der Waals surface area contributed by atoms with E-state index in [1.54, 1.807) is 55.6 Å². The lowest BCUT2D eigenvalue weighted by Gasteiger charge is -2.25. The summed E-state index contributed by atoms with van der Waals surface area (Å²) in [6, 6.07) is 14.0. The molecule has 1 atom stereocenters. The number of rotatable bonds is 8. The second kappa shape index (κ2) is 9.12. The van der Waals surface area contributed by atoms with E-state index in [2.05, 4.69) is 5.32 Å². The molecule has 26 heavy (non-hydrogen) atoms. The van der Waals surface area contributed by atoms with Gasteiger partial charge in [-0.15, -0.1) is 0 Å². The van der Waals surface area contributed by atoms with Gasteiger partial charge in [-0.05, 0) is 29.8 Å². The number of para-hydroxylation sites is 1. The topological polar surface area (TPSA) is 73.9 Å². The molecule has 0 fully saturated rings. The predicted molar refractivity (Wildman–Crippen MR) is 98.6 cm³/mol. The van der Waals surface area contributed by atoms with Gasteiger partial charge in [-0.2, -0.15) is 0 Å². The van der Waals surface area contributed by atoms with Crippen LogP contribution >= 0.6 is 0 Å². The van der Waals surface area contributed by atoms with E-state index in [0.29, 0.717) is 17.0 Å². The molecule has 6 nitrogen and oxygen atoms in total. The Hall–Kier alpha value is -2.70. The molecule has 0 aliphatic carbocycles. The highest BCUT2D eigenvalue weighted by molar-refractivity contribution is 6.07. The Labute approximate surface area is 153 Å². The summed E-state index contributed by atoms with van der Waals surface area (Å²) in [5.41, 5.74) is 1.57. The molecular formula is C20H23NO5. The predicted octanol–water partition coefficient (Wildman–Crippen LogP) is 3.24. The number of anilines is 1. The molecule has 6 heteroatoms. The van der Waals surface area contributed by atoms with E-state index < -0.39 is 12.2 Å². The second-order valence-electron chi connectivity index (χ2n) is 5.68. The molecule has 0 saturated carbocycles. The maximum absolute atomic E-state index is 13.3. The Morgan fingerprint density at radius 2 is 1.54 bits per heavy atom. The number of carbonyl (C=O) groups excluding carboxylic acids is 2. The van der Waals surface area contributed by atoms with E-state index in [1.165, 1.54) is 21.1 Å². The number of carbonyl (C=O) groups is 2. The van der Waals surface area contributed by atoms with E-state index in [0.717, 1.165) is 5.56 Å². The Balaban J connectivity index is 2.48. The number of hydrogen-bond donors (Lipinski definition) is 1. The van der Waals surface area contributed by atoms with Crippen molar-refractivity contribution in [2.24, 2.45) is 0 Å². The minimum atomic E-state index is -0.777. The van der Waals surface area contributed by atoms with Gasteiger partial charge in [0.15, 0.2) is 12.1 Å². The molecule has 2 aromatic rings. The smallest absolute Gasteiger partial charge is 0.221 e. The first-order valence-corrected chi connectivity index (χ1v) is 8.12. The first-order chi connectivity index (χ1) is 12.5. The molecule has 0 bridgehead atoms. The highest BCUT2D eigenvalue weighted by Crippen LogP contribution is 2.30. The third-order valence-corrected chi connectivity index (χ3v) is 4.00. The van der Waals surface area contributed by atoms with Crippen molar-refractivity contribution < 1.29 is 23.8 Å². The second-order valence-corrected chi connectivity index (χ2v) is 5.68. The van der Waals surface area contributed by atoms with Crippen LogP contribution < -0.4 is 10.1 Å². The fourth-order valence-electron chi connectivity index (χ4n) is 2.78. The highest BCUT2D eigenvalue weighted by Gasteiger charge is 2.32. The zero-order valence-corrected chi connectivity index (χ0v) is 15.3. The van der Waals surface area contributed by atoms with Crippen LogP contribution in [0, 0.1) is 0 Å². The van der Waals surface area contributed by atoms with Gasteiger partial charge in [0.05, 0.1) is 18.7 Å². The van der Waals surface area contributed by atoms with Crippen molar-refractivity contribution in [3.05, 3.63) is 59.7 Å². The van der Waals surface area contributed by atoms with Gasteiger partial charge in [-0.3, -0.25) is 9.59 Å². The summed E-state index contributed by atoms with van der Waals surface area (Å²) < 4.78 is 15.9. The highest BCUT2D eigenvalue weighted by atomic mass is 16.7. The molecule has 2 rings (SSSR count). The van der Waals surface area contributed by atoms with E-state index >= 15 is 0 Å². The molecular weight excluding hydrogens is 334 g/mol. The number of Topliss-reactive ketones (excluding diaryl/α,β-unsaturated/α-hetero) is 1. The molecule has 0 radical (unpaired) electrons. The van der Waals surface area contributed by atoms with Crippen molar-refractivity contribution in [2.75, 3.05) is 26.6 Å². The van der Waals surface area contributed by atoms with Crippen LogP contribution in [-0.2, 0) is 14.3 Å². The van der Waals surface area contributed by atoms with Crippen LogP contribution in [0.3, 0.4) is 0 Å². The van der Waals surface area contributed by atoms with E-state index in [-0.39, 0.29) is 11.7 Å². The first kappa shape index (κ1) is 19.6. The average molecular weight is 357 g/mol. The van der Waals surface area contributed by atoms with Gasteiger partial charge in [0.25, 0.3) is 0 Å². The van der Waals surface area contributed by atoms with Gasteiger partial charge in [0.2, 0.25) is 5.91 Å². The normalized spacial score (nSPS) is 11.9. The van der Waals surface area contributed by atoms with Crippen LogP contribution in [0.25, 0.3) is 0 Å². The van der Waals surface area contributed by atoms with Crippen LogP contribution in [0.15, 0.2) is 48.5 Å². The lowest BCUT2D eigenvalue weighted by molar-refractivity contribution is -0.114. The summed E-state index contributed by atoms with van der Waals surface area (Å²) in [5, 5.41) is 2.69. The van der Waals surface area contributed by atoms with Crippen LogP contribution in [0.5, 0.6) is 5.75 Å². The number of benzene rings is 2. The third-order valence-electron chi connectivity index (χ3n) is 4.00. The Morgan fingerprint density at radius 3 is 2.08 bits per heavy atom. The van der Waals surface area contributed by atoms with Gasteiger partial charge in [-0.1, -0.05) is 24.3 Å². The molecule has 138 valence electrons. The van der Waals surface area contributed by atoms with Crippen LogP contribution in [0.1, 0.15) is 28.8 Å². The van der Waals surface area contributed by atoms with Crippen LogP contribution in [0.2, 0.25) is 0 Å². The molecule has 0 aliphatic rings. The van der Waals surface area contributed by atoms with Crippen molar-refractivity contribution in [2.45, 2.75) is 19.1 Å². The number of nitrogens with one attached hydrogen (secondary N) is 1. The SMILES string of the molecule is COc1ccc(C(C(=O)c2ccccc2NC(C)=O)C(OC)OC)cc1. The summed E-state index contributed by atoms with van der Waals surface area (Å²) in [6.07, 6.45) is -0.777. The number of methoxy groups -OCH3 is 3. The third kappa shape index (κ3) is 4.47. The van der Waals surface area contributed by atoms with Crippen molar-refractivity contribution in [3.63, 3.8) is 0 Å². The molecule has 0 spiro atoms. The molecule has 1 amide bonds. The van der Waals surface area contributed by atoms with Crippen LogP contribution in [0.4, 0.5) is 5.69 Å². The van der Waals surface area contributed by atoms with Gasteiger partial charge in [-0.25, -0.2) is 0 Å². The van der Waals surface area contributed by atoms with Crippen molar-refractivity contribution >= 4 is 17.4 Å². The number of hydrogen-bond acceptors (Lipinski definition) is 5. The minimum Gasteiger partial charge on any atom is -0.497 e. The fraction of sp³-hybridized carbons (Fsp3) is 0.300. The molecule has 0 saturated heterocycles. The first-order valence-electron chi connectivity index (χ1n) is 8.12. The monoisotopic (exact) mass is 357 g/mol. The van der Waals surface area contributed by atoms with Gasteiger partial charge in [0, 0.05) is 26.7 Å². The maximum Gasteiger partial charge on any atom is 0.221 e. The molecule has 2 aromatic carbocycles. The van der Waals surface area contributed by atoms with E-state index in [9.17, 15) is 9.59 Å². The van der Waals surface area contributed by atoms with Gasteiger partial charge in [0.1, 0.15) is 5.75 Å². The zero-order valence-electron chi connectivity index (χ0n) is 15.3. The fourth-order valence-corrected chi connectivity index (χ4v) is 2.78. The number of ether oxygens (including phenoxy) is 3. The minimum absolute atomic E-state index is 0.215. The standard InChI is InChI=1S/C20H23NO5/c1-13(22)21-17-8-6-5-7-16(17)19(23)18(20(25-3)26-4)14-9-11-15(24-2)12-10-14/h5-12,18,20H,1-4H3,(H,21,22). The summed E-state index contributed by atoms with van der Waals surface area (Å²) in [6.45, 7) is 1.40.